The molecular formula is C28H24ClFN4O4. The third kappa shape index (κ3) is 5.69. The summed E-state index contributed by atoms with van der Waals surface area (Å²) < 4.78 is 25.7. The van der Waals surface area contributed by atoms with E-state index in [9.17, 15) is 14.0 Å². The second-order valence-corrected chi connectivity index (χ2v) is 9.16. The Kier molecular flexibility index (Phi) is 7.39. The fourth-order valence-corrected chi connectivity index (χ4v) is 4.41. The minimum absolute atomic E-state index is 0.000906. The number of nitrogens with zero attached hydrogens (tertiary/aromatic N) is 2. The molecular weight excluding hydrogens is 511 g/mol. The molecule has 2 amide bonds. The molecule has 1 saturated heterocycles. The van der Waals surface area contributed by atoms with Crippen LogP contribution in [0.1, 0.15) is 21.7 Å². The largest absolute Gasteiger partial charge is 0.458 e. The van der Waals surface area contributed by atoms with Crippen LogP contribution in [0.5, 0.6) is 0 Å². The van der Waals surface area contributed by atoms with Gasteiger partial charge in [0.2, 0.25) is 5.91 Å². The zero-order valence-corrected chi connectivity index (χ0v) is 21.0. The van der Waals surface area contributed by atoms with Crippen LogP contribution in [0.15, 0.2) is 65.2 Å². The number of nitrogens with one attached hydrogen (secondary N) is 1. The molecule has 10 heteroatoms. The zero-order chi connectivity index (χ0) is 26.6. The van der Waals surface area contributed by atoms with Crippen LogP contribution in [0.2, 0.25) is 5.02 Å². The number of pyridine rings is 1. The van der Waals surface area contributed by atoms with Crippen molar-refractivity contribution in [3.8, 4) is 11.1 Å². The minimum Gasteiger partial charge on any atom is -0.458 e. The van der Waals surface area contributed by atoms with E-state index in [1.54, 1.807) is 47.5 Å². The first-order valence-electron chi connectivity index (χ1n) is 11.9. The van der Waals surface area contributed by atoms with E-state index in [-0.39, 0.29) is 23.9 Å². The van der Waals surface area contributed by atoms with Gasteiger partial charge < -0.3 is 25.1 Å². The SMILES string of the molecule is Nc1ccc(/C=C/C(=O)NCc2cc3cc(-c4ccc(F)c(C(=O)N5CCOCC5)c4)cc(Cl)c3o2)cn1. The number of benzene rings is 2. The van der Waals surface area contributed by atoms with Crippen molar-refractivity contribution in [1.29, 1.82) is 0 Å². The van der Waals surface area contributed by atoms with Crippen LogP contribution in [0.4, 0.5) is 10.2 Å². The highest BCUT2D eigenvalue weighted by Crippen LogP contribution is 2.33. The molecule has 0 spiro atoms. The van der Waals surface area contributed by atoms with Gasteiger partial charge in [-0.3, -0.25) is 9.59 Å². The molecule has 38 heavy (non-hydrogen) atoms. The number of halogens is 2. The Bertz CT molecular complexity index is 1530. The van der Waals surface area contributed by atoms with Gasteiger partial charge in [0, 0.05) is 30.7 Å². The molecule has 194 valence electrons. The minimum atomic E-state index is -0.583. The molecule has 5 rings (SSSR count). The molecule has 0 bridgehead atoms. The van der Waals surface area contributed by atoms with E-state index >= 15 is 0 Å². The molecule has 1 aliphatic rings. The quantitative estimate of drug-likeness (QED) is 0.348. The lowest BCUT2D eigenvalue weighted by atomic mass is 10.0. The molecule has 0 saturated carbocycles. The Morgan fingerprint density at radius 1 is 1.11 bits per heavy atom. The van der Waals surface area contributed by atoms with Gasteiger partial charge in [-0.05, 0) is 65.2 Å². The third-order valence-electron chi connectivity index (χ3n) is 6.12. The summed E-state index contributed by atoms with van der Waals surface area (Å²) in [6.45, 7) is 1.85. The third-order valence-corrected chi connectivity index (χ3v) is 6.40. The zero-order valence-electron chi connectivity index (χ0n) is 20.2. The molecule has 0 atom stereocenters. The van der Waals surface area contributed by atoms with Crippen molar-refractivity contribution in [3.05, 3.63) is 88.5 Å². The number of aromatic nitrogens is 1. The molecule has 1 aliphatic heterocycles. The van der Waals surface area contributed by atoms with Gasteiger partial charge in [-0.1, -0.05) is 17.7 Å². The maximum atomic E-state index is 14.6. The molecule has 0 unspecified atom stereocenters. The van der Waals surface area contributed by atoms with E-state index in [4.69, 9.17) is 26.5 Å². The van der Waals surface area contributed by atoms with Gasteiger partial charge >= 0.3 is 0 Å². The summed E-state index contributed by atoms with van der Waals surface area (Å²) in [5.41, 5.74) is 8.12. The van der Waals surface area contributed by atoms with Crippen molar-refractivity contribution in [2.45, 2.75) is 6.54 Å². The molecule has 2 aromatic heterocycles. The lowest BCUT2D eigenvalue weighted by molar-refractivity contribution is -0.116. The number of hydrogen-bond acceptors (Lipinski definition) is 6. The molecule has 2 aromatic carbocycles. The van der Waals surface area contributed by atoms with Gasteiger partial charge in [-0.15, -0.1) is 0 Å². The number of rotatable bonds is 6. The maximum absolute atomic E-state index is 14.6. The van der Waals surface area contributed by atoms with Gasteiger partial charge in [-0.2, -0.15) is 0 Å². The second-order valence-electron chi connectivity index (χ2n) is 8.76. The van der Waals surface area contributed by atoms with Crippen LogP contribution in [0.3, 0.4) is 0 Å². The number of amides is 2. The Hall–Kier alpha value is -4.21. The molecule has 0 aliphatic carbocycles. The van der Waals surface area contributed by atoms with Gasteiger partial charge in [-0.25, -0.2) is 9.37 Å². The molecule has 3 heterocycles. The number of nitrogens with two attached hydrogens (primary N) is 1. The number of fused-ring (bicyclic) bond motifs is 1. The van der Waals surface area contributed by atoms with Crippen LogP contribution >= 0.6 is 11.6 Å². The first-order chi connectivity index (χ1) is 18.4. The summed E-state index contributed by atoms with van der Waals surface area (Å²) in [5, 5.41) is 3.84. The van der Waals surface area contributed by atoms with Crippen LogP contribution in [0, 0.1) is 5.82 Å². The summed E-state index contributed by atoms with van der Waals surface area (Å²) in [6.07, 6.45) is 4.59. The first kappa shape index (κ1) is 25.4. The molecule has 8 nitrogen and oxygen atoms in total. The molecule has 0 radical (unpaired) electrons. The molecule has 4 aromatic rings. The highest BCUT2D eigenvalue weighted by molar-refractivity contribution is 6.35. The molecule has 1 fully saturated rings. The smallest absolute Gasteiger partial charge is 0.257 e. The van der Waals surface area contributed by atoms with E-state index in [0.29, 0.717) is 65.0 Å². The van der Waals surface area contributed by atoms with E-state index < -0.39 is 5.82 Å². The number of furan rings is 1. The first-order valence-corrected chi connectivity index (χ1v) is 12.3. The summed E-state index contributed by atoms with van der Waals surface area (Å²) in [4.78, 5) is 30.7. The molecule has 3 N–H and O–H groups in total. The highest BCUT2D eigenvalue weighted by Gasteiger charge is 2.22. The van der Waals surface area contributed by atoms with Crippen molar-refractivity contribution in [2.75, 3.05) is 32.0 Å². The topological polar surface area (TPSA) is 111 Å². The summed E-state index contributed by atoms with van der Waals surface area (Å²) in [7, 11) is 0. The van der Waals surface area contributed by atoms with Crippen molar-refractivity contribution >= 4 is 46.3 Å². The van der Waals surface area contributed by atoms with Crippen LogP contribution in [0.25, 0.3) is 28.2 Å². The Morgan fingerprint density at radius 3 is 2.68 bits per heavy atom. The van der Waals surface area contributed by atoms with Crippen molar-refractivity contribution in [3.63, 3.8) is 0 Å². The summed E-state index contributed by atoms with van der Waals surface area (Å²) >= 11 is 6.50. The van der Waals surface area contributed by atoms with E-state index in [0.717, 1.165) is 5.56 Å². The standard InChI is InChI=1S/C28H24ClFN4O4/c29-23-14-19(18-3-4-24(30)22(13-18)28(36)34-7-9-37-10-8-34)11-20-12-21(38-27(20)23)16-33-26(35)6-2-17-1-5-25(31)32-15-17/h1-6,11-15H,7-10,16H2,(H2,31,32)(H,33,35)/b6-2+. The lowest BCUT2D eigenvalue weighted by Gasteiger charge is -2.27. The van der Waals surface area contributed by atoms with Gasteiger partial charge in [0.25, 0.3) is 5.91 Å². The average molecular weight is 535 g/mol. The van der Waals surface area contributed by atoms with Crippen LogP contribution in [-0.2, 0) is 16.1 Å². The highest BCUT2D eigenvalue weighted by atomic mass is 35.5. The number of morpholine rings is 1. The Labute approximate surface area is 222 Å². The van der Waals surface area contributed by atoms with Gasteiger partial charge in [0.15, 0.2) is 5.58 Å². The maximum Gasteiger partial charge on any atom is 0.257 e. The van der Waals surface area contributed by atoms with E-state index in [1.165, 1.54) is 18.2 Å². The second kappa shape index (κ2) is 11.0. The number of carbonyl (C=O) groups is 2. The Balaban J connectivity index is 1.32. The number of ether oxygens (including phenoxy) is 1. The summed E-state index contributed by atoms with van der Waals surface area (Å²) in [6, 6.07) is 13.2. The average Bonchev–Trinajstić information content (AvgIpc) is 3.36. The fourth-order valence-electron chi connectivity index (χ4n) is 4.14. The van der Waals surface area contributed by atoms with Crippen molar-refractivity contribution < 1.29 is 23.1 Å². The van der Waals surface area contributed by atoms with E-state index in [1.807, 2.05) is 6.07 Å². The van der Waals surface area contributed by atoms with Crippen molar-refractivity contribution in [1.82, 2.24) is 15.2 Å². The number of hydrogen-bond donors (Lipinski definition) is 2. The van der Waals surface area contributed by atoms with Crippen LogP contribution < -0.4 is 11.1 Å². The van der Waals surface area contributed by atoms with E-state index in [2.05, 4.69) is 10.3 Å². The predicted octanol–water partition coefficient (Wildman–Crippen LogP) is 4.67. The van der Waals surface area contributed by atoms with Gasteiger partial charge in [0.1, 0.15) is 17.4 Å². The van der Waals surface area contributed by atoms with Crippen LogP contribution in [-0.4, -0.2) is 48.0 Å². The van der Waals surface area contributed by atoms with Gasteiger partial charge in [0.05, 0.1) is 30.3 Å². The number of nitrogen functional groups attached to an aromatic ring is 1. The monoisotopic (exact) mass is 534 g/mol. The Morgan fingerprint density at radius 2 is 1.92 bits per heavy atom. The number of carbonyl (C=O) groups excluding carboxylic acids is 2. The normalized spacial score (nSPS) is 13.8. The number of anilines is 1. The predicted molar refractivity (Wildman–Crippen MR) is 143 cm³/mol. The summed E-state index contributed by atoms with van der Waals surface area (Å²) in [5.74, 6) is -0.349. The fraction of sp³-hybridized carbons (Fsp3) is 0.179. The lowest BCUT2D eigenvalue weighted by Crippen LogP contribution is -2.41. The van der Waals surface area contributed by atoms with Crippen molar-refractivity contribution in [2.24, 2.45) is 0 Å².